The molecule has 0 aromatic heterocycles. The van der Waals surface area contributed by atoms with Gasteiger partial charge in [0.15, 0.2) is 0 Å². The van der Waals surface area contributed by atoms with Crippen molar-refractivity contribution >= 4 is 5.69 Å². The van der Waals surface area contributed by atoms with Crippen molar-refractivity contribution < 1.29 is 4.39 Å². The Hall–Kier alpha value is -1.09. The molecule has 1 aliphatic heterocycles. The van der Waals surface area contributed by atoms with Crippen molar-refractivity contribution in [2.75, 3.05) is 25.0 Å². The van der Waals surface area contributed by atoms with Crippen LogP contribution in [0.15, 0.2) is 18.2 Å². The van der Waals surface area contributed by atoms with Crippen LogP contribution < -0.4 is 10.6 Å². The van der Waals surface area contributed by atoms with Crippen LogP contribution in [0.5, 0.6) is 0 Å². The minimum atomic E-state index is -0.889. The number of piperidine rings is 1. The summed E-state index contributed by atoms with van der Waals surface area (Å²) in [5.41, 5.74) is 3.02. The van der Waals surface area contributed by atoms with Crippen LogP contribution in [-0.4, -0.2) is 19.6 Å². The van der Waals surface area contributed by atoms with Gasteiger partial charge in [-0.05, 0) is 62.9 Å². The zero-order valence-corrected chi connectivity index (χ0v) is 11.3. The summed E-state index contributed by atoms with van der Waals surface area (Å²) in [6, 6.07) is 5.81. The minimum Gasteiger partial charge on any atom is -0.385 e. The van der Waals surface area contributed by atoms with Gasteiger partial charge in [-0.3, -0.25) is 0 Å². The lowest BCUT2D eigenvalue weighted by molar-refractivity contribution is 0.374. The molecule has 3 heteroatoms. The normalized spacial score (nSPS) is 21.6. The smallest absolute Gasteiger partial charge is 0.122 e. The summed E-state index contributed by atoms with van der Waals surface area (Å²) in [6.45, 7) is 6.87. The molecule has 2 unspecified atom stereocenters. The average molecular weight is 250 g/mol. The van der Waals surface area contributed by atoms with Crippen LogP contribution in [0, 0.1) is 12.8 Å². The Balaban J connectivity index is 1.92. The number of rotatable bonds is 4. The summed E-state index contributed by atoms with van der Waals surface area (Å²) in [5.74, 6) is 0.706. The summed E-state index contributed by atoms with van der Waals surface area (Å²) >= 11 is 0. The molecular weight excluding hydrogens is 227 g/mol. The Bertz CT molecular complexity index is 384. The third-order valence-electron chi connectivity index (χ3n) is 3.69. The molecule has 100 valence electrons. The van der Waals surface area contributed by atoms with E-state index in [9.17, 15) is 4.39 Å². The maximum Gasteiger partial charge on any atom is 0.122 e. The molecule has 2 atom stereocenters. The second-order valence-corrected chi connectivity index (χ2v) is 5.28. The molecule has 18 heavy (non-hydrogen) atoms. The first kappa shape index (κ1) is 13.3. The second-order valence-electron chi connectivity index (χ2n) is 5.28. The maximum atomic E-state index is 13.2. The average Bonchev–Trinajstić information content (AvgIpc) is 2.38. The van der Waals surface area contributed by atoms with Crippen molar-refractivity contribution in [3.05, 3.63) is 29.3 Å². The molecule has 0 radical (unpaired) electrons. The highest BCUT2D eigenvalue weighted by Gasteiger charge is 2.13. The first-order chi connectivity index (χ1) is 8.66. The van der Waals surface area contributed by atoms with Crippen LogP contribution in [-0.2, 0) is 0 Å². The molecule has 0 bridgehead atoms. The molecule has 2 rings (SSSR count). The lowest BCUT2D eigenvalue weighted by atomic mass is 9.99. The largest absolute Gasteiger partial charge is 0.385 e. The van der Waals surface area contributed by atoms with Gasteiger partial charge in [-0.25, -0.2) is 4.39 Å². The van der Waals surface area contributed by atoms with E-state index in [1.54, 1.807) is 6.92 Å². The maximum absolute atomic E-state index is 13.2. The van der Waals surface area contributed by atoms with Gasteiger partial charge < -0.3 is 10.6 Å². The summed E-state index contributed by atoms with van der Waals surface area (Å²) in [4.78, 5) is 0. The van der Waals surface area contributed by atoms with Gasteiger partial charge in [-0.1, -0.05) is 12.1 Å². The highest BCUT2D eigenvalue weighted by atomic mass is 19.1. The summed E-state index contributed by atoms with van der Waals surface area (Å²) in [6.07, 6.45) is 1.67. The summed E-state index contributed by atoms with van der Waals surface area (Å²) < 4.78 is 13.2. The Kier molecular flexibility index (Phi) is 4.59. The molecule has 1 aliphatic rings. The first-order valence-corrected chi connectivity index (χ1v) is 6.86. The van der Waals surface area contributed by atoms with E-state index < -0.39 is 6.17 Å². The number of halogens is 1. The van der Waals surface area contributed by atoms with Crippen molar-refractivity contribution in [3.8, 4) is 0 Å². The highest BCUT2D eigenvalue weighted by molar-refractivity contribution is 5.52. The van der Waals surface area contributed by atoms with Crippen molar-refractivity contribution in [1.29, 1.82) is 0 Å². The van der Waals surface area contributed by atoms with Gasteiger partial charge in [0.05, 0.1) is 0 Å². The highest BCUT2D eigenvalue weighted by Crippen LogP contribution is 2.23. The lowest BCUT2D eigenvalue weighted by Crippen LogP contribution is -2.33. The number of anilines is 1. The van der Waals surface area contributed by atoms with Gasteiger partial charge in [-0.15, -0.1) is 0 Å². The molecule has 1 heterocycles. The third kappa shape index (κ3) is 3.45. The van der Waals surface area contributed by atoms with E-state index in [1.807, 2.05) is 25.1 Å². The number of aryl methyl sites for hydroxylation is 1. The molecule has 1 fully saturated rings. The van der Waals surface area contributed by atoms with E-state index in [2.05, 4.69) is 10.6 Å². The molecule has 1 aromatic carbocycles. The molecule has 1 aromatic rings. The first-order valence-electron chi connectivity index (χ1n) is 6.86. The van der Waals surface area contributed by atoms with Gasteiger partial charge in [0.2, 0.25) is 0 Å². The fraction of sp³-hybridized carbons (Fsp3) is 0.600. The Morgan fingerprint density at radius 1 is 1.50 bits per heavy atom. The van der Waals surface area contributed by atoms with E-state index in [0.717, 1.165) is 36.4 Å². The molecule has 0 saturated carbocycles. The zero-order chi connectivity index (χ0) is 13.0. The Labute approximate surface area is 109 Å². The van der Waals surface area contributed by atoms with Crippen LogP contribution in [0.1, 0.15) is 37.1 Å². The number of alkyl halides is 1. The van der Waals surface area contributed by atoms with Gasteiger partial charge in [0.1, 0.15) is 6.17 Å². The van der Waals surface area contributed by atoms with E-state index in [4.69, 9.17) is 0 Å². The van der Waals surface area contributed by atoms with Gasteiger partial charge in [-0.2, -0.15) is 0 Å². The molecular formula is C15H23FN2. The predicted molar refractivity (Wildman–Crippen MR) is 74.8 cm³/mol. The summed E-state index contributed by atoms with van der Waals surface area (Å²) in [5, 5.41) is 6.91. The van der Waals surface area contributed by atoms with Crippen LogP contribution in [0.25, 0.3) is 0 Å². The van der Waals surface area contributed by atoms with Crippen molar-refractivity contribution in [2.24, 2.45) is 5.92 Å². The van der Waals surface area contributed by atoms with E-state index in [0.29, 0.717) is 5.92 Å². The third-order valence-corrected chi connectivity index (χ3v) is 3.69. The van der Waals surface area contributed by atoms with Crippen molar-refractivity contribution in [2.45, 2.75) is 32.9 Å². The fourth-order valence-corrected chi connectivity index (χ4v) is 2.49. The number of hydrogen-bond donors (Lipinski definition) is 2. The lowest BCUT2D eigenvalue weighted by Gasteiger charge is -2.24. The van der Waals surface area contributed by atoms with Crippen molar-refractivity contribution in [1.82, 2.24) is 5.32 Å². The van der Waals surface area contributed by atoms with Gasteiger partial charge >= 0.3 is 0 Å². The SMILES string of the molecule is Cc1cc(C(C)F)ccc1NCC1CCCNC1. The number of hydrogen-bond acceptors (Lipinski definition) is 2. The number of nitrogens with one attached hydrogen (secondary N) is 2. The van der Waals surface area contributed by atoms with Crippen LogP contribution >= 0.6 is 0 Å². The van der Waals surface area contributed by atoms with Gasteiger partial charge in [0, 0.05) is 12.2 Å². The summed E-state index contributed by atoms with van der Waals surface area (Å²) in [7, 11) is 0. The predicted octanol–water partition coefficient (Wildman–Crippen LogP) is 3.44. The Morgan fingerprint density at radius 3 is 2.94 bits per heavy atom. The second kappa shape index (κ2) is 6.19. The molecule has 0 amide bonds. The quantitative estimate of drug-likeness (QED) is 0.855. The minimum absolute atomic E-state index is 0.706. The van der Waals surface area contributed by atoms with E-state index in [-0.39, 0.29) is 0 Å². The van der Waals surface area contributed by atoms with Gasteiger partial charge in [0.25, 0.3) is 0 Å². The van der Waals surface area contributed by atoms with Crippen molar-refractivity contribution in [3.63, 3.8) is 0 Å². The number of benzene rings is 1. The zero-order valence-electron chi connectivity index (χ0n) is 11.3. The van der Waals surface area contributed by atoms with E-state index >= 15 is 0 Å². The Morgan fingerprint density at radius 2 is 2.33 bits per heavy atom. The molecule has 0 spiro atoms. The molecule has 2 N–H and O–H groups in total. The molecule has 2 nitrogen and oxygen atoms in total. The van der Waals surface area contributed by atoms with Crippen LogP contribution in [0.3, 0.4) is 0 Å². The topological polar surface area (TPSA) is 24.1 Å². The molecule has 1 saturated heterocycles. The fourth-order valence-electron chi connectivity index (χ4n) is 2.49. The standard InChI is InChI=1S/C15H23FN2/c1-11-8-14(12(2)16)5-6-15(11)18-10-13-4-3-7-17-9-13/h5-6,8,12-13,17-18H,3-4,7,9-10H2,1-2H3. The monoisotopic (exact) mass is 250 g/mol. The van der Waals surface area contributed by atoms with E-state index in [1.165, 1.54) is 12.8 Å². The van der Waals surface area contributed by atoms with Crippen LogP contribution in [0.4, 0.5) is 10.1 Å². The molecule has 0 aliphatic carbocycles. The van der Waals surface area contributed by atoms with Crippen LogP contribution in [0.2, 0.25) is 0 Å².